The van der Waals surface area contributed by atoms with Crippen LogP contribution in [0.3, 0.4) is 0 Å². The molecule has 2 aliphatic rings. The molecule has 1 aliphatic heterocycles. The first-order valence-corrected chi connectivity index (χ1v) is 11.7. The van der Waals surface area contributed by atoms with E-state index in [2.05, 4.69) is 62.7 Å². The molecule has 1 aromatic rings. The van der Waals surface area contributed by atoms with Crippen molar-refractivity contribution in [2.24, 2.45) is 4.99 Å². The van der Waals surface area contributed by atoms with E-state index in [1.807, 2.05) is 7.05 Å². The Kier molecular flexibility index (Phi) is 8.81. The van der Waals surface area contributed by atoms with Crippen LogP contribution in [0.1, 0.15) is 51.0 Å². The smallest absolute Gasteiger partial charge is 0.191 e. The molecule has 1 saturated heterocycles. The molecular formula is C24H41N5. The Hall–Kier alpha value is -1.59. The molecule has 1 aromatic carbocycles. The predicted molar refractivity (Wildman–Crippen MR) is 124 cm³/mol. The monoisotopic (exact) mass is 399 g/mol. The summed E-state index contributed by atoms with van der Waals surface area (Å²) in [7, 11) is 1.88. The van der Waals surface area contributed by atoms with Gasteiger partial charge in [0, 0.05) is 51.7 Å². The van der Waals surface area contributed by atoms with Crippen molar-refractivity contribution in [3.8, 4) is 0 Å². The number of nitrogens with zero attached hydrogens (tertiary/aromatic N) is 3. The topological polar surface area (TPSA) is 42.9 Å². The molecule has 0 radical (unpaired) electrons. The zero-order chi connectivity index (χ0) is 20.4. The molecule has 162 valence electrons. The molecule has 1 saturated carbocycles. The molecule has 0 spiro atoms. The summed E-state index contributed by atoms with van der Waals surface area (Å²) in [5, 5.41) is 7.15. The number of unbranched alkanes of at least 4 members (excludes halogenated alkanes) is 1. The van der Waals surface area contributed by atoms with Crippen LogP contribution >= 0.6 is 0 Å². The Morgan fingerprint density at radius 2 is 1.66 bits per heavy atom. The molecule has 2 N–H and O–H groups in total. The summed E-state index contributed by atoms with van der Waals surface area (Å²) in [6.45, 7) is 11.6. The van der Waals surface area contributed by atoms with Gasteiger partial charge in [0.25, 0.3) is 0 Å². The second-order valence-corrected chi connectivity index (χ2v) is 8.69. The minimum absolute atomic E-state index is 0.263. The van der Waals surface area contributed by atoms with E-state index in [-0.39, 0.29) is 5.41 Å². The Balaban J connectivity index is 1.35. The SMILES string of the molecule is CCN1CCN(CCCCNC(=NC)NCC2(c3ccccc3)CCCC2)CC1. The lowest BCUT2D eigenvalue weighted by molar-refractivity contribution is 0.136. The number of nitrogens with one attached hydrogen (secondary N) is 2. The first-order chi connectivity index (χ1) is 14.3. The van der Waals surface area contributed by atoms with Crippen LogP contribution < -0.4 is 10.6 Å². The van der Waals surface area contributed by atoms with E-state index in [9.17, 15) is 0 Å². The summed E-state index contributed by atoms with van der Waals surface area (Å²) in [5.74, 6) is 0.948. The highest BCUT2D eigenvalue weighted by Gasteiger charge is 2.35. The van der Waals surface area contributed by atoms with Crippen molar-refractivity contribution >= 4 is 5.96 Å². The van der Waals surface area contributed by atoms with E-state index in [0.717, 1.165) is 19.0 Å². The number of piperazine rings is 1. The molecule has 1 heterocycles. The molecule has 0 aromatic heterocycles. The molecule has 0 amide bonds. The predicted octanol–water partition coefficient (Wildman–Crippen LogP) is 3.08. The van der Waals surface area contributed by atoms with Crippen molar-refractivity contribution in [1.82, 2.24) is 20.4 Å². The number of hydrogen-bond donors (Lipinski definition) is 2. The first kappa shape index (κ1) is 22.1. The normalized spacial score (nSPS) is 20.7. The second kappa shape index (κ2) is 11.6. The van der Waals surface area contributed by atoms with E-state index < -0.39 is 0 Å². The maximum atomic E-state index is 4.46. The van der Waals surface area contributed by atoms with Gasteiger partial charge in [0.1, 0.15) is 0 Å². The summed E-state index contributed by atoms with van der Waals surface area (Å²) < 4.78 is 0. The standard InChI is InChI=1S/C24H41N5/c1-3-28-17-19-29(20-18-28)16-10-9-15-26-23(25-2)27-21-24(13-7-8-14-24)22-11-5-4-6-12-22/h4-6,11-12H,3,7-10,13-21H2,1-2H3,(H2,25,26,27). The number of aliphatic imine (C=N–C) groups is 1. The van der Waals surface area contributed by atoms with Crippen molar-refractivity contribution in [3.63, 3.8) is 0 Å². The van der Waals surface area contributed by atoms with Crippen LogP contribution in [-0.2, 0) is 5.41 Å². The minimum Gasteiger partial charge on any atom is -0.356 e. The van der Waals surface area contributed by atoms with Gasteiger partial charge in [-0.1, -0.05) is 50.1 Å². The highest BCUT2D eigenvalue weighted by atomic mass is 15.3. The van der Waals surface area contributed by atoms with Crippen molar-refractivity contribution in [2.75, 3.05) is 59.4 Å². The van der Waals surface area contributed by atoms with Gasteiger partial charge in [-0.3, -0.25) is 4.99 Å². The van der Waals surface area contributed by atoms with E-state index >= 15 is 0 Å². The second-order valence-electron chi connectivity index (χ2n) is 8.69. The molecule has 5 nitrogen and oxygen atoms in total. The van der Waals surface area contributed by atoms with Gasteiger partial charge >= 0.3 is 0 Å². The highest BCUT2D eigenvalue weighted by Crippen LogP contribution is 2.40. The lowest BCUT2D eigenvalue weighted by Gasteiger charge is -2.34. The van der Waals surface area contributed by atoms with Crippen molar-refractivity contribution in [3.05, 3.63) is 35.9 Å². The number of guanidine groups is 1. The van der Waals surface area contributed by atoms with Gasteiger partial charge in [0.15, 0.2) is 5.96 Å². The van der Waals surface area contributed by atoms with Crippen LogP contribution in [0.25, 0.3) is 0 Å². The van der Waals surface area contributed by atoms with Crippen LogP contribution in [0.2, 0.25) is 0 Å². The van der Waals surface area contributed by atoms with Crippen LogP contribution in [0.4, 0.5) is 0 Å². The largest absolute Gasteiger partial charge is 0.356 e. The molecule has 2 fully saturated rings. The molecule has 29 heavy (non-hydrogen) atoms. The molecule has 0 bridgehead atoms. The number of benzene rings is 1. The fourth-order valence-corrected chi connectivity index (χ4v) is 4.88. The summed E-state index contributed by atoms with van der Waals surface area (Å²) >= 11 is 0. The molecular weight excluding hydrogens is 358 g/mol. The van der Waals surface area contributed by atoms with Gasteiger partial charge < -0.3 is 20.4 Å². The Morgan fingerprint density at radius 3 is 2.31 bits per heavy atom. The summed E-state index contributed by atoms with van der Waals surface area (Å²) in [6, 6.07) is 11.0. The maximum absolute atomic E-state index is 4.46. The van der Waals surface area contributed by atoms with Gasteiger partial charge in [-0.25, -0.2) is 0 Å². The fraction of sp³-hybridized carbons (Fsp3) is 0.708. The molecule has 0 unspecified atom stereocenters. The first-order valence-electron chi connectivity index (χ1n) is 11.7. The Labute approximate surface area is 178 Å². The van der Waals surface area contributed by atoms with E-state index in [4.69, 9.17) is 0 Å². The van der Waals surface area contributed by atoms with E-state index in [1.165, 1.54) is 83.4 Å². The maximum Gasteiger partial charge on any atom is 0.191 e. The van der Waals surface area contributed by atoms with Gasteiger partial charge in [0.2, 0.25) is 0 Å². The Morgan fingerprint density at radius 1 is 0.966 bits per heavy atom. The van der Waals surface area contributed by atoms with E-state index in [1.54, 1.807) is 0 Å². The molecule has 0 atom stereocenters. The molecule has 3 rings (SSSR count). The van der Waals surface area contributed by atoms with Gasteiger partial charge in [-0.2, -0.15) is 0 Å². The lowest BCUT2D eigenvalue weighted by atomic mass is 9.79. The van der Waals surface area contributed by atoms with E-state index in [0.29, 0.717) is 0 Å². The Bertz CT molecular complexity index is 601. The number of likely N-dealkylation sites (N-methyl/N-ethyl adjacent to an activating group) is 1. The average Bonchev–Trinajstić information content (AvgIpc) is 3.27. The van der Waals surface area contributed by atoms with Crippen molar-refractivity contribution in [1.29, 1.82) is 0 Å². The number of hydrogen-bond acceptors (Lipinski definition) is 3. The summed E-state index contributed by atoms with van der Waals surface area (Å²) in [5.41, 5.74) is 1.74. The third-order valence-corrected chi connectivity index (χ3v) is 6.87. The average molecular weight is 400 g/mol. The summed E-state index contributed by atoms with van der Waals surface area (Å²) in [4.78, 5) is 9.61. The zero-order valence-electron chi connectivity index (χ0n) is 18.6. The fourth-order valence-electron chi connectivity index (χ4n) is 4.88. The lowest BCUT2D eigenvalue weighted by Crippen LogP contribution is -2.46. The number of rotatable bonds is 9. The minimum atomic E-state index is 0.263. The quantitative estimate of drug-likeness (QED) is 0.380. The van der Waals surface area contributed by atoms with Crippen LogP contribution in [-0.4, -0.2) is 75.2 Å². The van der Waals surface area contributed by atoms with Gasteiger partial charge in [-0.05, 0) is 44.3 Å². The molecule has 5 heteroatoms. The van der Waals surface area contributed by atoms with Crippen molar-refractivity contribution in [2.45, 2.75) is 50.9 Å². The third-order valence-electron chi connectivity index (χ3n) is 6.87. The zero-order valence-corrected chi connectivity index (χ0v) is 18.6. The van der Waals surface area contributed by atoms with Crippen LogP contribution in [0, 0.1) is 0 Å². The van der Waals surface area contributed by atoms with Gasteiger partial charge in [0.05, 0.1) is 0 Å². The van der Waals surface area contributed by atoms with Gasteiger partial charge in [-0.15, -0.1) is 0 Å². The molecule has 1 aliphatic carbocycles. The summed E-state index contributed by atoms with van der Waals surface area (Å²) in [6.07, 6.45) is 7.64. The van der Waals surface area contributed by atoms with Crippen LogP contribution in [0.5, 0.6) is 0 Å². The highest BCUT2D eigenvalue weighted by molar-refractivity contribution is 5.79. The van der Waals surface area contributed by atoms with Crippen molar-refractivity contribution < 1.29 is 0 Å². The van der Waals surface area contributed by atoms with Crippen LogP contribution in [0.15, 0.2) is 35.3 Å². The third kappa shape index (κ3) is 6.45.